The minimum Gasteiger partial charge on any atom is -0.376 e. The standard InChI is InChI=1S/C7H5N5O3S/c8-7(16)9-3-1-2-4(12(13)14)6-5(3)10-15-11-6/h1-2H,(H3,8,9,16). The number of hydrogen-bond acceptors (Lipinski definition) is 6. The van der Waals surface area contributed by atoms with E-state index < -0.39 is 4.92 Å². The first kappa shape index (κ1) is 10.2. The van der Waals surface area contributed by atoms with Gasteiger partial charge in [-0.2, -0.15) is 0 Å². The zero-order valence-electron chi connectivity index (χ0n) is 7.71. The number of nitrogens with zero attached hydrogens (tertiary/aromatic N) is 3. The number of anilines is 1. The van der Waals surface area contributed by atoms with Crippen LogP contribution in [0.5, 0.6) is 0 Å². The van der Waals surface area contributed by atoms with Crippen LogP contribution in [0.3, 0.4) is 0 Å². The van der Waals surface area contributed by atoms with E-state index in [1.807, 2.05) is 0 Å². The third-order valence-electron chi connectivity index (χ3n) is 1.85. The van der Waals surface area contributed by atoms with Crippen LogP contribution < -0.4 is 11.1 Å². The lowest BCUT2D eigenvalue weighted by atomic mass is 10.2. The maximum absolute atomic E-state index is 10.7. The van der Waals surface area contributed by atoms with Crippen LogP contribution >= 0.6 is 12.2 Å². The van der Waals surface area contributed by atoms with Gasteiger partial charge in [0.15, 0.2) is 10.6 Å². The van der Waals surface area contributed by atoms with Gasteiger partial charge in [0.2, 0.25) is 5.52 Å². The van der Waals surface area contributed by atoms with E-state index in [0.717, 1.165) is 0 Å². The van der Waals surface area contributed by atoms with Crippen molar-refractivity contribution in [1.29, 1.82) is 0 Å². The minimum absolute atomic E-state index is 0.0261. The van der Waals surface area contributed by atoms with Gasteiger partial charge in [0.25, 0.3) is 0 Å². The number of benzene rings is 1. The number of thiocarbonyl (C=S) groups is 1. The van der Waals surface area contributed by atoms with Crippen LogP contribution in [0.1, 0.15) is 0 Å². The molecule has 0 fully saturated rings. The molecule has 0 aliphatic carbocycles. The van der Waals surface area contributed by atoms with Crippen LogP contribution in [0.2, 0.25) is 0 Å². The molecule has 0 unspecified atom stereocenters. The molecular weight excluding hydrogens is 234 g/mol. The van der Waals surface area contributed by atoms with Crippen molar-refractivity contribution in [3.8, 4) is 0 Å². The molecule has 0 saturated carbocycles. The van der Waals surface area contributed by atoms with Gasteiger partial charge < -0.3 is 11.1 Å². The molecule has 0 atom stereocenters. The maximum Gasteiger partial charge on any atom is 0.300 e. The average molecular weight is 239 g/mol. The van der Waals surface area contributed by atoms with Crippen molar-refractivity contribution < 1.29 is 9.55 Å². The Morgan fingerprint density at radius 3 is 2.81 bits per heavy atom. The third kappa shape index (κ3) is 1.63. The van der Waals surface area contributed by atoms with Crippen molar-refractivity contribution in [3.63, 3.8) is 0 Å². The fraction of sp³-hybridized carbons (Fsp3) is 0. The molecule has 0 aliphatic rings. The molecule has 9 heteroatoms. The summed E-state index contributed by atoms with van der Waals surface area (Å²) in [4.78, 5) is 10.1. The van der Waals surface area contributed by atoms with Crippen LogP contribution in [-0.4, -0.2) is 20.3 Å². The van der Waals surface area contributed by atoms with Crippen molar-refractivity contribution in [2.75, 3.05) is 5.32 Å². The Morgan fingerprint density at radius 1 is 1.50 bits per heavy atom. The fourth-order valence-electron chi connectivity index (χ4n) is 1.23. The SMILES string of the molecule is NC(=S)Nc1ccc([N+](=O)[O-])c2nonc12. The van der Waals surface area contributed by atoms with Crippen molar-refractivity contribution in [3.05, 3.63) is 22.2 Å². The minimum atomic E-state index is -0.572. The Hall–Kier alpha value is -2.29. The van der Waals surface area contributed by atoms with E-state index >= 15 is 0 Å². The number of hydrogen-bond donors (Lipinski definition) is 2. The number of non-ortho nitro benzene ring substituents is 1. The second-order valence-electron chi connectivity index (χ2n) is 2.84. The normalized spacial score (nSPS) is 10.2. The van der Waals surface area contributed by atoms with Gasteiger partial charge in [-0.15, -0.1) is 0 Å². The lowest BCUT2D eigenvalue weighted by Gasteiger charge is -2.02. The zero-order chi connectivity index (χ0) is 11.7. The molecule has 0 radical (unpaired) electrons. The number of nitrogens with two attached hydrogens (primary N) is 1. The molecule has 82 valence electrons. The third-order valence-corrected chi connectivity index (χ3v) is 1.95. The number of fused-ring (bicyclic) bond motifs is 1. The van der Waals surface area contributed by atoms with Crippen molar-refractivity contribution in [1.82, 2.24) is 10.3 Å². The molecule has 1 aromatic heterocycles. The summed E-state index contributed by atoms with van der Waals surface area (Å²) in [5.74, 6) is 0. The summed E-state index contributed by atoms with van der Waals surface area (Å²) in [5.41, 5.74) is 5.77. The fourth-order valence-corrected chi connectivity index (χ4v) is 1.34. The molecule has 0 saturated heterocycles. The summed E-state index contributed by atoms with van der Waals surface area (Å²) >= 11 is 4.65. The molecule has 0 spiro atoms. The van der Waals surface area contributed by atoms with Gasteiger partial charge >= 0.3 is 5.69 Å². The van der Waals surface area contributed by atoms with E-state index in [2.05, 4.69) is 32.5 Å². The maximum atomic E-state index is 10.7. The highest BCUT2D eigenvalue weighted by atomic mass is 32.1. The van der Waals surface area contributed by atoms with Crippen LogP contribution in [0.4, 0.5) is 11.4 Å². The largest absolute Gasteiger partial charge is 0.376 e. The Kier molecular flexibility index (Phi) is 2.37. The summed E-state index contributed by atoms with van der Waals surface area (Å²) in [6.07, 6.45) is 0. The van der Waals surface area contributed by atoms with E-state index in [-0.39, 0.29) is 21.8 Å². The molecule has 1 heterocycles. The van der Waals surface area contributed by atoms with Gasteiger partial charge in [-0.3, -0.25) is 10.1 Å². The predicted octanol–water partition coefficient (Wildman–Crippen LogP) is 0.786. The van der Waals surface area contributed by atoms with E-state index in [1.54, 1.807) is 0 Å². The van der Waals surface area contributed by atoms with Gasteiger partial charge in [0, 0.05) is 6.07 Å². The first-order chi connectivity index (χ1) is 7.59. The molecule has 2 aromatic rings. The second kappa shape index (κ2) is 3.70. The van der Waals surface area contributed by atoms with Crippen molar-refractivity contribution in [2.24, 2.45) is 5.73 Å². The van der Waals surface area contributed by atoms with Gasteiger partial charge in [0.05, 0.1) is 10.6 Å². The average Bonchev–Trinajstić information content (AvgIpc) is 2.65. The molecule has 2 rings (SSSR count). The Labute approximate surface area is 93.5 Å². The highest BCUT2D eigenvalue weighted by Crippen LogP contribution is 2.28. The first-order valence-corrected chi connectivity index (χ1v) is 4.46. The summed E-state index contributed by atoms with van der Waals surface area (Å²) < 4.78 is 4.45. The van der Waals surface area contributed by atoms with Crippen LogP contribution in [0.25, 0.3) is 11.0 Å². The van der Waals surface area contributed by atoms with Gasteiger partial charge in [0.1, 0.15) is 0 Å². The molecule has 3 N–H and O–H groups in total. The van der Waals surface area contributed by atoms with E-state index in [1.165, 1.54) is 12.1 Å². The smallest absolute Gasteiger partial charge is 0.300 e. The number of rotatable bonds is 2. The topological polar surface area (TPSA) is 120 Å². The number of nitro benzene ring substituents is 1. The Balaban J connectivity index is 2.63. The first-order valence-electron chi connectivity index (χ1n) is 4.05. The summed E-state index contributed by atoms with van der Waals surface area (Å²) in [6.45, 7) is 0. The van der Waals surface area contributed by atoms with Gasteiger partial charge in [-0.05, 0) is 28.6 Å². The summed E-state index contributed by atoms with van der Waals surface area (Å²) in [7, 11) is 0. The molecular formula is C7H5N5O3S. The lowest BCUT2D eigenvalue weighted by molar-refractivity contribution is -0.383. The van der Waals surface area contributed by atoms with Gasteiger partial charge in [-0.1, -0.05) is 0 Å². The van der Waals surface area contributed by atoms with E-state index in [0.29, 0.717) is 5.69 Å². The molecule has 0 amide bonds. The van der Waals surface area contributed by atoms with Crippen LogP contribution in [-0.2, 0) is 0 Å². The Morgan fingerprint density at radius 2 is 2.19 bits per heavy atom. The highest BCUT2D eigenvalue weighted by molar-refractivity contribution is 7.80. The highest BCUT2D eigenvalue weighted by Gasteiger charge is 2.19. The van der Waals surface area contributed by atoms with Crippen LogP contribution in [0.15, 0.2) is 16.8 Å². The number of aromatic nitrogens is 2. The second-order valence-corrected chi connectivity index (χ2v) is 3.28. The molecule has 0 bridgehead atoms. The molecule has 16 heavy (non-hydrogen) atoms. The lowest BCUT2D eigenvalue weighted by Crippen LogP contribution is -2.19. The number of nitro groups is 1. The molecule has 0 aliphatic heterocycles. The van der Waals surface area contributed by atoms with E-state index in [4.69, 9.17) is 5.73 Å². The molecule has 8 nitrogen and oxygen atoms in total. The Bertz CT molecular complexity index is 580. The summed E-state index contributed by atoms with van der Waals surface area (Å²) in [5, 5.41) is 20.3. The molecule has 1 aromatic carbocycles. The van der Waals surface area contributed by atoms with E-state index in [9.17, 15) is 10.1 Å². The quantitative estimate of drug-likeness (QED) is 0.448. The predicted molar refractivity (Wildman–Crippen MR) is 58.9 cm³/mol. The van der Waals surface area contributed by atoms with Crippen molar-refractivity contribution >= 4 is 39.7 Å². The summed E-state index contributed by atoms with van der Waals surface area (Å²) in [6, 6.07) is 2.71. The van der Waals surface area contributed by atoms with Crippen LogP contribution in [0, 0.1) is 10.1 Å². The monoisotopic (exact) mass is 239 g/mol. The van der Waals surface area contributed by atoms with Crippen molar-refractivity contribution in [2.45, 2.75) is 0 Å². The van der Waals surface area contributed by atoms with Gasteiger partial charge in [-0.25, -0.2) is 4.63 Å². The zero-order valence-corrected chi connectivity index (χ0v) is 8.52. The number of nitrogens with one attached hydrogen (secondary N) is 1.